The van der Waals surface area contributed by atoms with Gasteiger partial charge in [0.15, 0.2) is 0 Å². The zero-order valence-corrected chi connectivity index (χ0v) is 22.8. The molecule has 6 nitrogen and oxygen atoms in total. The Kier molecular flexibility index (Phi) is 10.5. The zero-order chi connectivity index (χ0) is 27.5. The van der Waals surface area contributed by atoms with Gasteiger partial charge in [-0.15, -0.1) is 0 Å². The molecule has 204 valence electrons. The number of carbonyl (C=O) groups excluding carboxylic acids is 2. The smallest absolute Gasteiger partial charge is 0.244 e. The van der Waals surface area contributed by atoms with Crippen LogP contribution in [0.3, 0.4) is 0 Å². The molecule has 4 N–H and O–H groups in total. The molecule has 1 fully saturated rings. The maximum Gasteiger partial charge on any atom is 0.244 e. The molecule has 6 heteroatoms. The van der Waals surface area contributed by atoms with Crippen molar-refractivity contribution in [2.45, 2.75) is 44.2 Å². The van der Waals surface area contributed by atoms with Gasteiger partial charge in [0.1, 0.15) is 0 Å². The maximum atomic E-state index is 13.7. The quantitative estimate of drug-likeness (QED) is 0.327. The minimum atomic E-state index is -0.326. The van der Waals surface area contributed by atoms with Gasteiger partial charge in [-0.2, -0.15) is 0 Å². The molecule has 3 aromatic carbocycles. The van der Waals surface area contributed by atoms with E-state index < -0.39 is 0 Å². The van der Waals surface area contributed by atoms with Gasteiger partial charge in [0, 0.05) is 37.7 Å². The summed E-state index contributed by atoms with van der Waals surface area (Å²) in [6.45, 7) is 4.26. The summed E-state index contributed by atoms with van der Waals surface area (Å²) in [6.07, 6.45) is 5.57. The molecule has 0 aliphatic carbocycles. The van der Waals surface area contributed by atoms with Gasteiger partial charge in [0.2, 0.25) is 11.8 Å². The van der Waals surface area contributed by atoms with E-state index in [4.69, 9.17) is 5.73 Å². The van der Waals surface area contributed by atoms with E-state index in [1.54, 1.807) is 6.08 Å². The minimum Gasteiger partial charge on any atom is -0.351 e. The summed E-state index contributed by atoms with van der Waals surface area (Å²) in [5.41, 5.74) is 10.4. The first-order valence-corrected chi connectivity index (χ1v) is 13.9. The first kappa shape index (κ1) is 28.3. The zero-order valence-electron chi connectivity index (χ0n) is 22.8. The Labute approximate surface area is 232 Å². The summed E-state index contributed by atoms with van der Waals surface area (Å²) >= 11 is 0. The number of hydrogen-bond acceptors (Lipinski definition) is 4. The van der Waals surface area contributed by atoms with E-state index in [1.165, 1.54) is 16.7 Å². The van der Waals surface area contributed by atoms with Crippen molar-refractivity contribution >= 4 is 17.9 Å². The topological polar surface area (TPSA) is 87.5 Å². The third-order valence-electron chi connectivity index (χ3n) is 7.33. The monoisotopic (exact) mass is 524 g/mol. The second-order valence-electron chi connectivity index (χ2n) is 10.3. The van der Waals surface area contributed by atoms with Gasteiger partial charge < -0.3 is 21.3 Å². The molecule has 1 aliphatic heterocycles. The van der Waals surface area contributed by atoms with Gasteiger partial charge in [-0.05, 0) is 55.5 Å². The largest absolute Gasteiger partial charge is 0.351 e. The van der Waals surface area contributed by atoms with Gasteiger partial charge in [-0.1, -0.05) is 90.5 Å². The molecule has 1 saturated heterocycles. The van der Waals surface area contributed by atoms with Crippen LogP contribution in [0.2, 0.25) is 0 Å². The van der Waals surface area contributed by atoms with Crippen LogP contribution in [0.1, 0.15) is 47.4 Å². The summed E-state index contributed by atoms with van der Waals surface area (Å²) in [4.78, 5) is 28.3. The Hall–Kier alpha value is -3.74. The number of carbonyl (C=O) groups is 2. The van der Waals surface area contributed by atoms with Crippen molar-refractivity contribution in [3.8, 4) is 0 Å². The number of nitrogens with two attached hydrogens (primary N) is 1. The Morgan fingerprint density at radius 1 is 1.03 bits per heavy atom. The molecular weight excluding hydrogens is 484 g/mol. The van der Waals surface area contributed by atoms with Gasteiger partial charge in [-0.25, -0.2) is 0 Å². The number of rotatable bonds is 11. The molecule has 1 aliphatic rings. The van der Waals surface area contributed by atoms with Crippen molar-refractivity contribution in [2.75, 3.05) is 26.2 Å². The van der Waals surface area contributed by atoms with Gasteiger partial charge in [0.25, 0.3) is 0 Å². The molecule has 0 unspecified atom stereocenters. The summed E-state index contributed by atoms with van der Waals surface area (Å²) in [7, 11) is 0. The third-order valence-corrected chi connectivity index (χ3v) is 7.33. The fourth-order valence-electron chi connectivity index (χ4n) is 5.08. The molecule has 39 heavy (non-hydrogen) atoms. The Bertz CT molecular complexity index is 1170. The van der Waals surface area contributed by atoms with Crippen LogP contribution in [0, 0.1) is 6.92 Å². The second kappa shape index (κ2) is 14.4. The molecule has 0 radical (unpaired) electrons. The van der Waals surface area contributed by atoms with E-state index >= 15 is 0 Å². The summed E-state index contributed by atoms with van der Waals surface area (Å²) in [5.74, 6) is 0.0413. The van der Waals surface area contributed by atoms with Crippen LogP contribution in [-0.4, -0.2) is 55.0 Å². The summed E-state index contributed by atoms with van der Waals surface area (Å²) in [5, 5.41) is 6.55. The normalized spacial score (nSPS) is 17.9. The van der Waals surface area contributed by atoms with Crippen molar-refractivity contribution < 1.29 is 9.59 Å². The van der Waals surface area contributed by atoms with E-state index in [-0.39, 0.29) is 29.8 Å². The van der Waals surface area contributed by atoms with Crippen molar-refractivity contribution in [3.05, 3.63) is 113 Å². The molecule has 0 bridgehead atoms. The summed E-state index contributed by atoms with van der Waals surface area (Å²) in [6, 6.07) is 28.5. The highest BCUT2D eigenvalue weighted by Crippen LogP contribution is 2.27. The molecular formula is C33H40N4O2. The van der Waals surface area contributed by atoms with Crippen molar-refractivity contribution in [1.82, 2.24) is 15.5 Å². The number of aryl methyl sites for hydroxylation is 1. The van der Waals surface area contributed by atoms with E-state index in [9.17, 15) is 9.59 Å². The van der Waals surface area contributed by atoms with Gasteiger partial charge in [-0.3, -0.25) is 9.59 Å². The van der Waals surface area contributed by atoms with E-state index in [1.807, 2.05) is 78.6 Å². The predicted molar refractivity (Wildman–Crippen MR) is 158 cm³/mol. The fraction of sp³-hybridized carbons (Fsp3) is 0.333. The molecule has 4 rings (SSSR count). The van der Waals surface area contributed by atoms with Crippen LogP contribution < -0.4 is 16.4 Å². The highest BCUT2D eigenvalue weighted by molar-refractivity contribution is 5.91. The molecule has 3 aromatic rings. The average molecular weight is 525 g/mol. The lowest BCUT2D eigenvalue weighted by Crippen LogP contribution is -2.49. The number of amides is 2. The minimum absolute atomic E-state index is 0.00894. The first-order valence-electron chi connectivity index (χ1n) is 13.9. The van der Waals surface area contributed by atoms with Crippen LogP contribution in [0.25, 0.3) is 6.08 Å². The van der Waals surface area contributed by atoms with E-state index in [0.29, 0.717) is 32.6 Å². The summed E-state index contributed by atoms with van der Waals surface area (Å²) < 4.78 is 0. The SMILES string of the molecule is Cc1ccc(C=CC(=O)NC[C@@H]2CCN(CC(c3ccccc3)c3ccccc3)C(=O)[C@H](CCCN)N2)cc1. The molecule has 0 aromatic heterocycles. The van der Waals surface area contributed by atoms with Gasteiger partial charge in [0.05, 0.1) is 6.04 Å². The maximum absolute atomic E-state index is 13.7. The van der Waals surface area contributed by atoms with Crippen molar-refractivity contribution in [2.24, 2.45) is 5.73 Å². The van der Waals surface area contributed by atoms with Crippen LogP contribution >= 0.6 is 0 Å². The van der Waals surface area contributed by atoms with Crippen LogP contribution in [0.4, 0.5) is 0 Å². The van der Waals surface area contributed by atoms with Crippen LogP contribution in [0.15, 0.2) is 91.0 Å². The molecule has 2 atom stereocenters. The number of nitrogens with zero attached hydrogens (tertiary/aromatic N) is 1. The molecule has 0 saturated carbocycles. The highest BCUT2D eigenvalue weighted by Gasteiger charge is 2.32. The number of benzene rings is 3. The Morgan fingerprint density at radius 3 is 2.28 bits per heavy atom. The van der Waals surface area contributed by atoms with Crippen molar-refractivity contribution in [3.63, 3.8) is 0 Å². The third kappa shape index (κ3) is 8.37. The fourth-order valence-corrected chi connectivity index (χ4v) is 5.08. The lowest BCUT2D eigenvalue weighted by molar-refractivity contribution is -0.133. The average Bonchev–Trinajstić information content (AvgIpc) is 3.12. The molecule has 0 spiro atoms. The van der Waals surface area contributed by atoms with Crippen molar-refractivity contribution in [1.29, 1.82) is 0 Å². The van der Waals surface area contributed by atoms with E-state index in [0.717, 1.165) is 18.4 Å². The Morgan fingerprint density at radius 2 is 1.67 bits per heavy atom. The van der Waals surface area contributed by atoms with E-state index in [2.05, 4.69) is 34.9 Å². The first-order chi connectivity index (χ1) is 19.0. The van der Waals surface area contributed by atoms with Crippen LogP contribution in [0.5, 0.6) is 0 Å². The molecule has 1 heterocycles. The highest BCUT2D eigenvalue weighted by atomic mass is 16.2. The number of nitrogens with one attached hydrogen (secondary N) is 2. The van der Waals surface area contributed by atoms with Gasteiger partial charge >= 0.3 is 0 Å². The standard InChI is InChI=1S/C33H40N4O2/c1-25-14-16-26(17-15-25)18-19-32(38)35-23-29-20-22-37(33(39)31(36-29)13-8-21-34)24-30(27-9-4-2-5-10-27)28-11-6-3-7-12-28/h2-7,9-12,14-19,29-31,36H,8,13,20-24,34H2,1H3,(H,35,38)/t29-,31-/m0/s1. The molecule has 2 amide bonds. The number of hydrogen-bond donors (Lipinski definition) is 3. The second-order valence-corrected chi connectivity index (χ2v) is 10.3. The predicted octanol–water partition coefficient (Wildman–Crippen LogP) is 4.25. The lowest BCUT2D eigenvalue weighted by atomic mass is 9.90. The lowest BCUT2D eigenvalue weighted by Gasteiger charge is -2.29. The Balaban J connectivity index is 1.44. The van der Waals surface area contributed by atoms with Crippen LogP contribution in [-0.2, 0) is 9.59 Å².